The third-order valence-corrected chi connectivity index (χ3v) is 5.69. The van der Waals surface area contributed by atoms with Gasteiger partial charge in [0.15, 0.2) is 0 Å². The monoisotopic (exact) mass is 420 g/mol. The molecular weight excluding hydrogens is 392 g/mol. The van der Waals surface area contributed by atoms with Crippen LogP contribution in [-0.2, 0) is 9.53 Å². The molecular formula is C21H29BrN2O2. The standard InChI is InChI=1S/C21H29BrN2O2/c1-5-9-24-10-8-15-18(13-26-19(25)12-21(2,3)4)23-17-7-6-14(22)11-16(17)20(15)24/h5-7,11,15,18,20,23H,1,8-10,12-13H2,2-4H3/t15-,18-,20-/m1/s1. The topological polar surface area (TPSA) is 41.6 Å². The van der Waals surface area contributed by atoms with Crippen molar-refractivity contribution in [3.8, 4) is 0 Å². The molecule has 0 spiro atoms. The van der Waals surface area contributed by atoms with E-state index in [9.17, 15) is 4.79 Å². The van der Waals surface area contributed by atoms with Crippen LogP contribution in [0.3, 0.4) is 0 Å². The zero-order chi connectivity index (χ0) is 18.9. The SMILES string of the molecule is C=CCN1CC[C@@H]2[C@@H](COC(=O)CC(C)(C)C)Nc3ccc(Br)cc3[C@@H]21. The lowest BCUT2D eigenvalue weighted by atomic mass is 9.83. The summed E-state index contributed by atoms with van der Waals surface area (Å²) >= 11 is 3.60. The molecule has 0 unspecified atom stereocenters. The maximum atomic E-state index is 12.2. The van der Waals surface area contributed by atoms with Crippen molar-refractivity contribution >= 4 is 27.6 Å². The summed E-state index contributed by atoms with van der Waals surface area (Å²) in [4.78, 5) is 14.7. The van der Waals surface area contributed by atoms with Gasteiger partial charge >= 0.3 is 5.97 Å². The number of carbonyl (C=O) groups excluding carboxylic acids is 1. The lowest BCUT2D eigenvalue weighted by molar-refractivity contribution is -0.146. The van der Waals surface area contributed by atoms with Gasteiger partial charge in [0.25, 0.3) is 0 Å². The molecule has 0 saturated carbocycles. The first kappa shape index (κ1) is 19.4. The van der Waals surface area contributed by atoms with Gasteiger partial charge in [0.05, 0.1) is 12.5 Å². The normalized spacial score (nSPS) is 25.2. The van der Waals surface area contributed by atoms with E-state index < -0.39 is 0 Å². The van der Waals surface area contributed by atoms with Crippen LogP contribution in [0, 0.1) is 11.3 Å². The van der Waals surface area contributed by atoms with Gasteiger partial charge in [-0.2, -0.15) is 0 Å². The summed E-state index contributed by atoms with van der Waals surface area (Å²) < 4.78 is 6.75. The third-order valence-electron chi connectivity index (χ3n) is 5.20. The molecule has 1 aromatic carbocycles. The number of esters is 1. The van der Waals surface area contributed by atoms with Gasteiger partial charge in [-0.25, -0.2) is 0 Å². The van der Waals surface area contributed by atoms with Crippen molar-refractivity contribution in [2.75, 3.05) is 25.0 Å². The predicted molar refractivity (Wildman–Crippen MR) is 109 cm³/mol. The van der Waals surface area contributed by atoms with E-state index in [1.54, 1.807) is 0 Å². The molecule has 2 aliphatic heterocycles. The molecule has 0 aliphatic carbocycles. The van der Waals surface area contributed by atoms with Crippen molar-refractivity contribution < 1.29 is 9.53 Å². The first-order valence-corrected chi connectivity index (χ1v) is 10.1. The van der Waals surface area contributed by atoms with E-state index in [1.165, 1.54) is 5.56 Å². The van der Waals surface area contributed by atoms with Gasteiger partial charge in [-0.3, -0.25) is 9.69 Å². The van der Waals surface area contributed by atoms with Crippen LogP contribution >= 0.6 is 15.9 Å². The van der Waals surface area contributed by atoms with Crippen molar-refractivity contribution in [1.29, 1.82) is 0 Å². The molecule has 1 fully saturated rings. The number of hydrogen-bond acceptors (Lipinski definition) is 4. The number of rotatable bonds is 5. The molecule has 0 amide bonds. The van der Waals surface area contributed by atoms with Crippen LogP contribution in [0.2, 0.25) is 0 Å². The number of hydrogen-bond donors (Lipinski definition) is 1. The molecule has 3 atom stereocenters. The summed E-state index contributed by atoms with van der Waals surface area (Å²) in [7, 11) is 0. The van der Waals surface area contributed by atoms with Crippen molar-refractivity contribution in [1.82, 2.24) is 4.90 Å². The average molecular weight is 421 g/mol. The molecule has 5 heteroatoms. The van der Waals surface area contributed by atoms with Crippen molar-refractivity contribution in [3.05, 3.63) is 40.9 Å². The van der Waals surface area contributed by atoms with Gasteiger partial charge in [0, 0.05) is 28.7 Å². The van der Waals surface area contributed by atoms with Crippen LogP contribution in [0.4, 0.5) is 5.69 Å². The number of likely N-dealkylation sites (tertiary alicyclic amines) is 1. The largest absolute Gasteiger partial charge is 0.463 e. The lowest BCUT2D eigenvalue weighted by Crippen LogP contribution is -2.42. The van der Waals surface area contributed by atoms with E-state index in [4.69, 9.17) is 4.74 Å². The Morgan fingerprint density at radius 3 is 2.92 bits per heavy atom. The molecule has 142 valence electrons. The van der Waals surface area contributed by atoms with Gasteiger partial charge in [0.1, 0.15) is 6.61 Å². The highest BCUT2D eigenvalue weighted by molar-refractivity contribution is 9.10. The Bertz CT molecular complexity index is 683. The minimum Gasteiger partial charge on any atom is -0.463 e. The quantitative estimate of drug-likeness (QED) is 0.549. The number of fused-ring (bicyclic) bond motifs is 3. The fourth-order valence-corrected chi connectivity index (χ4v) is 4.53. The van der Waals surface area contributed by atoms with E-state index in [1.807, 2.05) is 6.08 Å². The Morgan fingerprint density at radius 2 is 2.23 bits per heavy atom. The van der Waals surface area contributed by atoms with E-state index in [-0.39, 0.29) is 17.4 Å². The fraction of sp³-hybridized carbons (Fsp3) is 0.571. The van der Waals surface area contributed by atoms with Crippen molar-refractivity contribution in [2.45, 2.75) is 45.7 Å². The molecule has 0 aromatic heterocycles. The van der Waals surface area contributed by atoms with Crippen molar-refractivity contribution in [2.24, 2.45) is 11.3 Å². The molecule has 2 aliphatic rings. The number of ether oxygens (including phenoxy) is 1. The molecule has 0 radical (unpaired) electrons. The summed E-state index contributed by atoms with van der Waals surface area (Å²) in [6.07, 6.45) is 3.51. The van der Waals surface area contributed by atoms with Crippen LogP contribution in [0.5, 0.6) is 0 Å². The highest BCUT2D eigenvalue weighted by atomic mass is 79.9. The molecule has 3 rings (SSSR count). The average Bonchev–Trinajstić information content (AvgIpc) is 2.96. The zero-order valence-electron chi connectivity index (χ0n) is 15.9. The van der Waals surface area contributed by atoms with Gasteiger partial charge in [-0.15, -0.1) is 6.58 Å². The number of nitrogens with zero attached hydrogens (tertiary/aromatic N) is 1. The smallest absolute Gasteiger partial charge is 0.306 e. The van der Waals surface area contributed by atoms with Crippen LogP contribution in [-0.4, -0.2) is 36.6 Å². The van der Waals surface area contributed by atoms with Crippen LogP contribution in [0.15, 0.2) is 35.3 Å². The second-order valence-electron chi connectivity index (χ2n) is 8.58. The number of nitrogens with one attached hydrogen (secondary N) is 1. The second kappa shape index (κ2) is 7.73. The van der Waals surface area contributed by atoms with Gasteiger partial charge in [0.2, 0.25) is 0 Å². The Balaban J connectivity index is 1.77. The number of anilines is 1. The lowest BCUT2D eigenvalue weighted by Gasteiger charge is -2.39. The van der Waals surface area contributed by atoms with E-state index >= 15 is 0 Å². The Kier molecular flexibility index (Phi) is 5.78. The predicted octanol–water partition coefficient (Wildman–Crippen LogP) is 4.77. The molecule has 1 N–H and O–H groups in total. The van der Waals surface area contributed by atoms with Crippen LogP contribution in [0.1, 0.15) is 45.2 Å². The summed E-state index contributed by atoms with van der Waals surface area (Å²) in [5, 5.41) is 3.63. The maximum Gasteiger partial charge on any atom is 0.306 e. The van der Waals surface area contributed by atoms with E-state index in [0.717, 1.165) is 29.7 Å². The number of halogens is 1. The summed E-state index contributed by atoms with van der Waals surface area (Å²) in [6, 6.07) is 6.87. The fourth-order valence-electron chi connectivity index (χ4n) is 4.15. The summed E-state index contributed by atoms with van der Waals surface area (Å²) in [5.41, 5.74) is 2.41. The summed E-state index contributed by atoms with van der Waals surface area (Å²) in [5.74, 6) is 0.317. The molecule has 2 heterocycles. The molecule has 26 heavy (non-hydrogen) atoms. The number of carbonyl (C=O) groups is 1. The van der Waals surface area contributed by atoms with Crippen molar-refractivity contribution in [3.63, 3.8) is 0 Å². The third kappa shape index (κ3) is 4.32. The van der Waals surface area contributed by atoms with E-state index in [2.05, 4.69) is 71.7 Å². The molecule has 4 nitrogen and oxygen atoms in total. The Hall–Kier alpha value is -1.33. The van der Waals surface area contributed by atoms with Crippen LogP contribution < -0.4 is 5.32 Å². The number of benzene rings is 1. The zero-order valence-corrected chi connectivity index (χ0v) is 17.5. The Morgan fingerprint density at radius 1 is 1.46 bits per heavy atom. The minimum absolute atomic E-state index is 0.0490. The Labute approximate surface area is 165 Å². The molecule has 1 aromatic rings. The van der Waals surface area contributed by atoms with Gasteiger partial charge in [-0.05, 0) is 42.1 Å². The highest BCUT2D eigenvalue weighted by Crippen LogP contribution is 2.47. The first-order valence-electron chi connectivity index (χ1n) is 9.35. The molecule has 1 saturated heterocycles. The van der Waals surface area contributed by atoms with E-state index in [0.29, 0.717) is 25.0 Å². The minimum atomic E-state index is -0.113. The molecule has 0 bridgehead atoms. The van der Waals surface area contributed by atoms with Gasteiger partial charge in [-0.1, -0.05) is 42.8 Å². The first-order chi connectivity index (χ1) is 12.3. The summed E-state index contributed by atoms with van der Waals surface area (Å²) in [6.45, 7) is 12.4. The van der Waals surface area contributed by atoms with Crippen LogP contribution in [0.25, 0.3) is 0 Å². The van der Waals surface area contributed by atoms with Gasteiger partial charge < -0.3 is 10.1 Å². The second-order valence-corrected chi connectivity index (χ2v) is 9.50. The highest BCUT2D eigenvalue weighted by Gasteiger charge is 2.44. The maximum absolute atomic E-state index is 12.2.